The van der Waals surface area contributed by atoms with Crippen molar-refractivity contribution in [2.75, 3.05) is 9.80 Å². The van der Waals surface area contributed by atoms with Crippen LogP contribution in [0.15, 0.2) is 151 Å². The molecule has 0 radical (unpaired) electrons. The summed E-state index contributed by atoms with van der Waals surface area (Å²) in [5.41, 5.74) is 14.8. The molecule has 1 atom stereocenters. The minimum atomic E-state index is 0.0696. The van der Waals surface area contributed by atoms with Crippen LogP contribution in [0.25, 0.3) is 16.8 Å². The van der Waals surface area contributed by atoms with Gasteiger partial charge in [0.15, 0.2) is 0 Å². The molecule has 4 heteroatoms. The lowest BCUT2D eigenvalue weighted by Crippen LogP contribution is -2.23. The van der Waals surface area contributed by atoms with Crippen LogP contribution in [0.5, 0.6) is 0 Å². The van der Waals surface area contributed by atoms with Crippen molar-refractivity contribution in [1.82, 2.24) is 4.98 Å². The molecule has 0 spiro atoms. The predicted molar refractivity (Wildman–Crippen MR) is 186 cm³/mol. The fraction of sp³-hybridized carbons (Fsp3) is 0.100. The predicted octanol–water partition coefficient (Wildman–Crippen LogP) is 9.33. The van der Waals surface area contributed by atoms with E-state index in [1.165, 1.54) is 39.3 Å². The standard InChI is InChI=1S/C40H34N4/c1-5-13-29-24-31-15-11-18-34(27(2)41-4)39(31)36(29)26-43-28(3)35(40-38(43)20-12-23-42-40)22-21-33-25-30-14-9-10-19-37(30)44(33)32-16-7-6-8-17-32/h5-23,26,28H,1-2,4,24-25H2,3H3/b29-13-,33-21+,35-22+,36-26+. The molecule has 0 saturated heterocycles. The van der Waals surface area contributed by atoms with Gasteiger partial charge in [-0.2, -0.15) is 0 Å². The third-order valence-corrected chi connectivity index (χ3v) is 8.80. The van der Waals surface area contributed by atoms with Crippen LogP contribution < -0.4 is 9.80 Å². The Labute approximate surface area is 259 Å². The van der Waals surface area contributed by atoms with Gasteiger partial charge < -0.3 is 9.80 Å². The van der Waals surface area contributed by atoms with Gasteiger partial charge in [0.25, 0.3) is 0 Å². The Hall–Kier alpha value is -5.48. The molecule has 3 heterocycles. The molecule has 2 aliphatic heterocycles. The minimum Gasteiger partial charge on any atom is -0.338 e. The maximum absolute atomic E-state index is 4.89. The van der Waals surface area contributed by atoms with E-state index in [2.05, 4.69) is 145 Å². The Morgan fingerprint density at radius 3 is 2.45 bits per heavy atom. The third-order valence-electron chi connectivity index (χ3n) is 8.80. The maximum Gasteiger partial charge on any atom is 0.0919 e. The summed E-state index contributed by atoms with van der Waals surface area (Å²) >= 11 is 0. The number of aromatic nitrogens is 1. The molecule has 3 aliphatic rings. The van der Waals surface area contributed by atoms with E-state index in [1.54, 1.807) is 0 Å². The first-order chi connectivity index (χ1) is 21.6. The molecule has 1 unspecified atom stereocenters. The number of rotatable bonds is 6. The van der Waals surface area contributed by atoms with Gasteiger partial charge in [0.2, 0.25) is 0 Å². The zero-order valence-corrected chi connectivity index (χ0v) is 24.9. The lowest BCUT2D eigenvalue weighted by molar-refractivity contribution is 0.910. The molecule has 0 fully saturated rings. The molecular formula is C40H34N4. The van der Waals surface area contributed by atoms with Crippen molar-refractivity contribution in [3.63, 3.8) is 0 Å². The summed E-state index contributed by atoms with van der Waals surface area (Å²) in [5, 5.41) is 0. The van der Waals surface area contributed by atoms with Crippen LogP contribution in [0.3, 0.4) is 0 Å². The first-order valence-corrected chi connectivity index (χ1v) is 15.0. The van der Waals surface area contributed by atoms with Crippen LogP contribution in [-0.4, -0.2) is 17.7 Å². The highest BCUT2D eigenvalue weighted by atomic mass is 15.2. The third kappa shape index (κ3) is 4.56. The zero-order valence-electron chi connectivity index (χ0n) is 24.9. The van der Waals surface area contributed by atoms with Gasteiger partial charge >= 0.3 is 0 Å². The first kappa shape index (κ1) is 27.4. The monoisotopic (exact) mass is 570 g/mol. The van der Waals surface area contributed by atoms with Crippen LogP contribution in [0.1, 0.15) is 34.9 Å². The van der Waals surface area contributed by atoms with Crippen LogP contribution in [-0.2, 0) is 12.8 Å². The molecule has 214 valence electrons. The minimum absolute atomic E-state index is 0.0696. The van der Waals surface area contributed by atoms with E-state index < -0.39 is 0 Å². The summed E-state index contributed by atoms with van der Waals surface area (Å²) in [6.45, 7) is 14.2. The number of hydrogen-bond donors (Lipinski definition) is 0. The number of aliphatic imine (C=N–C) groups is 1. The van der Waals surface area contributed by atoms with Crippen molar-refractivity contribution in [3.05, 3.63) is 174 Å². The van der Waals surface area contributed by atoms with Gasteiger partial charge in [-0.15, -0.1) is 0 Å². The number of para-hydroxylation sites is 2. The number of pyridine rings is 1. The number of benzene rings is 3. The molecule has 0 amide bonds. The van der Waals surface area contributed by atoms with Gasteiger partial charge in [0.05, 0.1) is 23.1 Å². The van der Waals surface area contributed by atoms with E-state index in [4.69, 9.17) is 4.98 Å². The number of fused-ring (bicyclic) bond motifs is 3. The van der Waals surface area contributed by atoms with E-state index in [0.717, 1.165) is 40.9 Å². The van der Waals surface area contributed by atoms with Gasteiger partial charge in [-0.3, -0.25) is 9.98 Å². The van der Waals surface area contributed by atoms with Gasteiger partial charge in [0, 0.05) is 52.6 Å². The highest BCUT2D eigenvalue weighted by Gasteiger charge is 2.33. The summed E-state index contributed by atoms with van der Waals surface area (Å²) in [5.74, 6) is 0. The second kappa shape index (κ2) is 11.3. The van der Waals surface area contributed by atoms with E-state index in [9.17, 15) is 0 Å². The average Bonchev–Trinajstić information content (AvgIpc) is 3.69. The first-order valence-electron chi connectivity index (χ1n) is 15.0. The van der Waals surface area contributed by atoms with E-state index in [1.807, 2.05) is 18.3 Å². The van der Waals surface area contributed by atoms with Crippen molar-refractivity contribution in [2.45, 2.75) is 25.8 Å². The maximum atomic E-state index is 4.89. The number of allylic oxidation sites excluding steroid dienone is 7. The van der Waals surface area contributed by atoms with Crippen molar-refractivity contribution in [1.29, 1.82) is 0 Å². The number of nitrogens with zero attached hydrogens (tertiary/aromatic N) is 4. The number of hydrogen-bond acceptors (Lipinski definition) is 4. The molecule has 4 nitrogen and oxygen atoms in total. The molecule has 0 saturated carbocycles. The molecular weight excluding hydrogens is 536 g/mol. The van der Waals surface area contributed by atoms with E-state index >= 15 is 0 Å². The fourth-order valence-electron chi connectivity index (χ4n) is 6.72. The Bertz CT molecular complexity index is 1940. The summed E-state index contributed by atoms with van der Waals surface area (Å²) in [7, 11) is 0. The Balaban J connectivity index is 1.33. The zero-order chi connectivity index (χ0) is 30.2. The molecule has 7 rings (SSSR count). The quantitative estimate of drug-likeness (QED) is 0.217. The van der Waals surface area contributed by atoms with E-state index in [-0.39, 0.29) is 6.04 Å². The summed E-state index contributed by atoms with van der Waals surface area (Å²) < 4.78 is 0. The smallest absolute Gasteiger partial charge is 0.0919 e. The SMILES string of the molecule is C=C/C=C1/Cc2cccc(C(=C)N=C)c2/C1=C/N1c2cccnc2/C(=C/C=C2\Cc3ccccc3N2c2ccccc2)C1C. The summed E-state index contributed by atoms with van der Waals surface area (Å²) in [6, 6.07) is 29.9. The van der Waals surface area contributed by atoms with E-state index in [0.29, 0.717) is 5.70 Å². The van der Waals surface area contributed by atoms with Crippen molar-refractivity contribution < 1.29 is 0 Å². The molecule has 1 aliphatic carbocycles. The molecule has 1 aromatic heterocycles. The highest BCUT2D eigenvalue weighted by Crippen LogP contribution is 2.46. The molecule has 0 bridgehead atoms. The fourth-order valence-corrected chi connectivity index (χ4v) is 6.72. The molecule has 4 aromatic rings. The second-order valence-corrected chi connectivity index (χ2v) is 11.3. The highest BCUT2D eigenvalue weighted by molar-refractivity contribution is 5.96. The molecule has 3 aromatic carbocycles. The Kier molecular flexibility index (Phi) is 7.03. The van der Waals surface area contributed by atoms with Gasteiger partial charge in [-0.1, -0.05) is 86.0 Å². The lowest BCUT2D eigenvalue weighted by atomic mass is 9.97. The largest absolute Gasteiger partial charge is 0.338 e. The van der Waals surface area contributed by atoms with Crippen LogP contribution in [0.4, 0.5) is 17.1 Å². The van der Waals surface area contributed by atoms with Gasteiger partial charge in [-0.25, -0.2) is 0 Å². The summed E-state index contributed by atoms with van der Waals surface area (Å²) in [6.07, 6.45) is 14.4. The van der Waals surface area contributed by atoms with Crippen LogP contribution in [0.2, 0.25) is 0 Å². The Morgan fingerprint density at radius 2 is 1.64 bits per heavy atom. The normalized spacial score (nSPS) is 20.3. The van der Waals surface area contributed by atoms with Crippen molar-refractivity contribution in [3.8, 4) is 0 Å². The Morgan fingerprint density at radius 1 is 0.864 bits per heavy atom. The van der Waals surface area contributed by atoms with Crippen LogP contribution in [0, 0.1) is 0 Å². The van der Waals surface area contributed by atoms with Crippen molar-refractivity contribution in [2.24, 2.45) is 4.99 Å². The number of anilines is 3. The van der Waals surface area contributed by atoms with Crippen molar-refractivity contribution >= 4 is 40.6 Å². The molecule has 44 heavy (non-hydrogen) atoms. The average molecular weight is 571 g/mol. The van der Waals surface area contributed by atoms with Crippen LogP contribution >= 0.6 is 0 Å². The summed E-state index contributed by atoms with van der Waals surface area (Å²) in [4.78, 5) is 13.8. The lowest BCUT2D eigenvalue weighted by Gasteiger charge is -2.23. The topological polar surface area (TPSA) is 31.7 Å². The molecule has 0 N–H and O–H groups in total. The second-order valence-electron chi connectivity index (χ2n) is 11.3. The van der Waals surface area contributed by atoms with Gasteiger partial charge in [-0.05, 0) is 78.7 Å². The van der Waals surface area contributed by atoms with Gasteiger partial charge in [0.1, 0.15) is 0 Å².